The van der Waals surface area contributed by atoms with Crippen LogP contribution in [0.15, 0.2) is 53.7 Å². The summed E-state index contributed by atoms with van der Waals surface area (Å²) in [6, 6.07) is 12.5. The van der Waals surface area contributed by atoms with Crippen molar-refractivity contribution in [3.8, 4) is 11.4 Å². The monoisotopic (exact) mass is 650 g/mol. The van der Waals surface area contributed by atoms with Crippen molar-refractivity contribution in [1.82, 2.24) is 20.1 Å². The van der Waals surface area contributed by atoms with Gasteiger partial charge in [-0.15, -0.1) is 21.5 Å². The fourth-order valence-corrected chi connectivity index (χ4v) is 7.00. The van der Waals surface area contributed by atoms with Crippen LogP contribution in [-0.4, -0.2) is 56.4 Å². The van der Waals surface area contributed by atoms with E-state index in [1.807, 2.05) is 0 Å². The van der Waals surface area contributed by atoms with Crippen LogP contribution in [0.5, 0.6) is 5.75 Å². The molecule has 0 saturated carbocycles. The third-order valence-corrected chi connectivity index (χ3v) is 9.30. The maximum atomic E-state index is 13.4. The van der Waals surface area contributed by atoms with Gasteiger partial charge in [-0.3, -0.25) is 24.3 Å². The molecule has 1 unspecified atom stereocenters. The van der Waals surface area contributed by atoms with E-state index in [9.17, 15) is 24.5 Å². The van der Waals surface area contributed by atoms with Crippen molar-refractivity contribution in [2.45, 2.75) is 50.1 Å². The first kappa shape index (κ1) is 31.7. The van der Waals surface area contributed by atoms with Crippen LogP contribution in [0.1, 0.15) is 57.2 Å². The van der Waals surface area contributed by atoms with E-state index >= 15 is 0 Å². The summed E-state index contributed by atoms with van der Waals surface area (Å²) in [6.07, 6.45) is 2.56. The van der Waals surface area contributed by atoms with Gasteiger partial charge in [0.15, 0.2) is 11.0 Å². The summed E-state index contributed by atoms with van der Waals surface area (Å²) in [5.74, 6) is -0.296. The van der Waals surface area contributed by atoms with E-state index in [-0.39, 0.29) is 30.7 Å². The lowest BCUT2D eigenvalue weighted by Crippen LogP contribution is -2.25. The Morgan fingerprint density at radius 3 is 2.64 bits per heavy atom. The minimum absolute atomic E-state index is 0.0230. The average Bonchev–Trinajstić information content (AvgIpc) is 3.74. The minimum Gasteiger partial charge on any atom is -0.497 e. The lowest BCUT2D eigenvalue weighted by Gasteiger charge is -2.14. The third kappa shape index (κ3) is 6.99. The molecule has 0 bridgehead atoms. The number of thioether (sulfide) groups is 1. The van der Waals surface area contributed by atoms with Crippen LogP contribution in [0, 0.1) is 10.1 Å². The fourth-order valence-electron chi connectivity index (χ4n) is 4.84. The smallest absolute Gasteiger partial charge is 0.341 e. The van der Waals surface area contributed by atoms with Crippen molar-refractivity contribution < 1.29 is 28.8 Å². The number of nitro groups is 1. The van der Waals surface area contributed by atoms with Crippen LogP contribution in [0.25, 0.3) is 5.69 Å². The molecule has 1 atom stereocenters. The first-order chi connectivity index (χ1) is 21.7. The molecule has 0 aliphatic heterocycles. The zero-order chi connectivity index (χ0) is 32.1. The molecule has 0 radical (unpaired) electrons. The highest BCUT2D eigenvalue weighted by molar-refractivity contribution is 8.00. The summed E-state index contributed by atoms with van der Waals surface area (Å²) in [5.41, 5.74) is 2.15. The highest BCUT2D eigenvalue weighted by Gasteiger charge is 2.30. The van der Waals surface area contributed by atoms with Crippen molar-refractivity contribution in [2.24, 2.45) is 0 Å². The van der Waals surface area contributed by atoms with Gasteiger partial charge in [-0.2, -0.15) is 0 Å². The number of amides is 2. The number of nitro benzene ring substituents is 1. The lowest BCUT2D eigenvalue weighted by molar-refractivity contribution is -0.384. The Labute approximate surface area is 266 Å². The normalized spacial score (nSPS) is 12.7. The van der Waals surface area contributed by atoms with Gasteiger partial charge in [0, 0.05) is 28.3 Å². The first-order valence-corrected chi connectivity index (χ1v) is 15.8. The number of thiophene rings is 1. The van der Waals surface area contributed by atoms with Gasteiger partial charge >= 0.3 is 5.97 Å². The van der Waals surface area contributed by atoms with Crippen LogP contribution >= 0.6 is 23.1 Å². The molecule has 1 aliphatic carbocycles. The van der Waals surface area contributed by atoms with Gasteiger partial charge in [-0.05, 0) is 69.0 Å². The minimum atomic E-state index is -0.683. The predicted octanol–water partition coefficient (Wildman–Crippen LogP) is 4.96. The molecular formula is C30H30N6O7S2. The van der Waals surface area contributed by atoms with Crippen LogP contribution < -0.4 is 15.4 Å². The second kappa shape index (κ2) is 13.9. The number of aryl methyl sites for hydroxylation is 1. The number of benzene rings is 2. The van der Waals surface area contributed by atoms with Gasteiger partial charge < -0.3 is 20.1 Å². The molecular weight excluding hydrogens is 620 g/mol. The zero-order valence-electron chi connectivity index (χ0n) is 24.7. The van der Waals surface area contributed by atoms with Crippen LogP contribution in [0.4, 0.5) is 10.7 Å². The number of fused-ring (bicyclic) bond motifs is 1. The number of ether oxygens (including phenoxy) is 2. The number of anilines is 1. The van der Waals surface area contributed by atoms with Crippen molar-refractivity contribution >= 4 is 51.6 Å². The van der Waals surface area contributed by atoms with Gasteiger partial charge in [0.05, 0.1) is 36.0 Å². The number of hydrogen-bond acceptors (Lipinski definition) is 11. The first-order valence-electron chi connectivity index (χ1n) is 14.1. The Kier molecular flexibility index (Phi) is 9.78. The molecule has 2 heterocycles. The van der Waals surface area contributed by atoms with Gasteiger partial charge in [0.1, 0.15) is 10.8 Å². The number of nitrogens with one attached hydrogen (secondary N) is 2. The fraction of sp³-hybridized carbons (Fsp3) is 0.300. The predicted molar refractivity (Wildman–Crippen MR) is 168 cm³/mol. The quantitative estimate of drug-likeness (QED) is 0.0926. The van der Waals surface area contributed by atoms with E-state index in [2.05, 4.69) is 20.8 Å². The molecule has 13 nitrogen and oxygen atoms in total. The summed E-state index contributed by atoms with van der Waals surface area (Å²) >= 11 is 2.51. The Bertz CT molecular complexity index is 1750. The van der Waals surface area contributed by atoms with Crippen molar-refractivity contribution in [3.05, 3.63) is 86.0 Å². The number of nitrogens with zero attached hydrogens (tertiary/aromatic N) is 4. The van der Waals surface area contributed by atoms with Gasteiger partial charge in [0.25, 0.3) is 11.6 Å². The maximum absolute atomic E-state index is 13.4. The number of carbonyl (C=O) groups excluding carboxylic acids is 3. The van der Waals surface area contributed by atoms with Gasteiger partial charge in [-0.25, -0.2) is 4.79 Å². The maximum Gasteiger partial charge on any atom is 0.341 e. The summed E-state index contributed by atoms with van der Waals surface area (Å²) in [4.78, 5) is 50.9. The van der Waals surface area contributed by atoms with E-state index in [1.165, 1.54) is 30.6 Å². The second-order valence-corrected chi connectivity index (χ2v) is 12.4. The van der Waals surface area contributed by atoms with Crippen LogP contribution in [-0.2, 0) is 28.9 Å². The molecule has 2 N–H and O–H groups in total. The van der Waals surface area contributed by atoms with Crippen LogP contribution in [0.2, 0.25) is 0 Å². The standard InChI is InChI=1S/C30H30N6O7S2/c1-4-43-29(39)25-22-9-6-10-23(22)45-28(25)32-26(37)17(2)44-30-34-33-24(35(30)19-11-13-20(14-12-19)36(40)41)16-31-27(38)18-7-5-8-21(15-18)42-3/h5,7-8,11-15,17H,4,6,9-10,16H2,1-3H3,(H,31,38)(H,32,37). The molecule has 1 aliphatic rings. The number of carbonyl (C=O) groups is 3. The Hall–Kier alpha value is -4.76. The number of non-ortho nitro benzene ring substituents is 1. The molecule has 45 heavy (non-hydrogen) atoms. The number of aromatic nitrogens is 3. The molecule has 2 amide bonds. The molecule has 0 fully saturated rings. The SMILES string of the molecule is CCOC(=O)c1c(NC(=O)C(C)Sc2nnc(CNC(=O)c3cccc(OC)c3)n2-c2ccc([N+](=O)[O-])cc2)sc2c1CCC2. The largest absolute Gasteiger partial charge is 0.497 e. The molecule has 5 rings (SSSR count). The number of hydrogen-bond donors (Lipinski definition) is 2. The topological polar surface area (TPSA) is 168 Å². The number of methoxy groups -OCH3 is 1. The lowest BCUT2D eigenvalue weighted by atomic mass is 10.1. The van der Waals surface area contributed by atoms with E-state index in [1.54, 1.807) is 54.8 Å². The molecule has 0 spiro atoms. The summed E-state index contributed by atoms with van der Waals surface area (Å²) in [6.45, 7) is 3.64. The molecule has 2 aromatic carbocycles. The summed E-state index contributed by atoms with van der Waals surface area (Å²) in [7, 11) is 1.51. The van der Waals surface area contributed by atoms with Crippen molar-refractivity contribution in [2.75, 3.05) is 19.0 Å². The second-order valence-electron chi connectivity index (χ2n) is 9.95. The van der Waals surface area contributed by atoms with Crippen molar-refractivity contribution in [3.63, 3.8) is 0 Å². The molecule has 0 saturated heterocycles. The zero-order valence-corrected chi connectivity index (χ0v) is 26.3. The number of rotatable bonds is 12. The summed E-state index contributed by atoms with van der Waals surface area (Å²) in [5, 5.41) is 25.6. The molecule has 4 aromatic rings. The molecule has 234 valence electrons. The highest BCUT2D eigenvalue weighted by atomic mass is 32.2. The van der Waals surface area contributed by atoms with E-state index in [4.69, 9.17) is 9.47 Å². The Morgan fingerprint density at radius 2 is 1.93 bits per heavy atom. The molecule has 15 heteroatoms. The Morgan fingerprint density at radius 1 is 1.16 bits per heavy atom. The van der Waals surface area contributed by atoms with Crippen LogP contribution in [0.3, 0.4) is 0 Å². The third-order valence-electron chi connectivity index (χ3n) is 7.05. The number of esters is 1. The van der Waals surface area contributed by atoms with E-state index < -0.39 is 16.1 Å². The average molecular weight is 651 g/mol. The molecule has 2 aromatic heterocycles. The Balaban J connectivity index is 1.38. The highest BCUT2D eigenvalue weighted by Crippen LogP contribution is 2.40. The van der Waals surface area contributed by atoms with E-state index in [0.29, 0.717) is 38.5 Å². The van der Waals surface area contributed by atoms with Gasteiger partial charge in [-0.1, -0.05) is 17.8 Å². The summed E-state index contributed by atoms with van der Waals surface area (Å²) < 4.78 is 12.1. The van der Waals surface area contributed by atoms with Crippen molar-refractivity contribution in [1.29, 1.82) is 0 Å². The van der Waals surface area contributed by atoms with E-state index in [0.717, 1.165) is 41.5 Å². The van der Waals surface area contributed by atoms with Gasteiger partial charge in [0.2, 0.25) is 5.91 Å².